The van der Waals surface area contributed by atoms with E-state index in [2.05, 4.69) is 27.7 Å². The van der Waals surface area contributed by atoms with Gasteiger partial charge in [-0.3, -0.25) is 4.79 Å². The number of halogens is 1. The van der Waals surface area contributed by atoms with Crippen LogP contribution in [0.5, 0.6) is 0 Å². The lowest BCUT2D eigenvalue weighted by molar-refractivity contribution is 0.0734. The van der Waals surface area contributed by atoms with E-state index >= 15 is 0 Å². The highest BCUT2D eigenvalue weighted by molar-refractivity contribution is 14.1. The predicted molar refractivity (Wildman–Crippen MR) is 75.9 cm³/mol. The first-order chi connectivity index (χ1) is 8.11. The molecule has 1 unspecified atom stereocenters. The number of amides is 1. The summed E-state index contributed by atoms with van der Waals surface area (Å²) in [6.07, 6.45) is 0.657. The smallest absolute Gasteiger partial charge is 0.254 e. The molecule has 0 spiro atoms. The Morgan fingerprint density at radius 2 is 2.47 bits per heavy atom. The molecule has 6 heteroatoms. The monoisotopic (exact) mass is 364 g/mol. The van der Waals surface area contributed by atoms with Crippen LogP contribution < -0.4 is 0 Å². The van der Waals surface area contributed by atoms with E-state index in [0.717, 1.165) is 14.2 Å². The molecule has 0 saturated carbocycles. The molecule has 0 bridgehead atoms. The van der Waals surface area contributed by atoms with E-state index in [1.54, 1.807) is 11.3 Å². The van der Waals surface area contributed by atoms with Gasteiger partial charge in [-0.15, -0.1) is 11.3 Å². The molecule has 92 valence electrons. The summed E-state index contributed by atoms with van der Waals surface area (Å²) in [5.74, 6) is 0.211. The zero-order chi connectivity index (χ0) is 12.4. The van der Waals surface area contributed by atoms with Crippen molar-refractivity contribution in [3.05, 3.63) is 19.9 Å². The molecule has 1 saturated heterocycles. The minimum atomic E-state index is 0.0769. The predicted octanol–water partition coefficient (Wildman–Crippen LogP) is 2.66. The zero-order valence-electron chi connectivity index (χ0n) is 9.39. The summed E-state index contributed by atoms with van der Waals surface area (Å²) in [5.41, 5.74) is 1.55. The van der Waals surface area contributed by atoms with Gasteiger partial charge in [0.1, 0.15) is 0 Å². The number of nitrogens with zero attached hydrogens (tertiary/aromatic N) is 2. The van der Waals surface area contributed by atoms with Crippen LogP contribution in [0, 0.1) is 8.80 Å². The average molecular weight is 364 g/mol. The summed E-state index contributed by atoms with van der Waals surface area (Å²) in [7, 11) is 0. The van der Waals surface area contributed by atoms with E-state index in [1.807, 2.05) is 23.3 Å². The second kappa shape index (κ2) is 5.34. The fraction of sp³-hybridized carbons (Fsp3) is 0.455. The lowest BCUT2D eigenvalue weighted by atomic mass is 9.97. The Bertz CT molecular complexity index is 458. The Morgan fingerprint density at radius 3 is 3.00 bits per heavy atom. The largest absolute Gasteiger partial charge is 0.411 e. The Hall–Kier alpha value is -0.630. The molecule has 1 atom stereocenters. The third-order valence-electron chi connectivity index (χ3n) is 2.93. The van der Waals surface area contributed by atoms with Gasteiger partial charge in [0.15, 0.2) is 0 Å². The van der Waals surface area contributed by atoms with Crippen LogP contribution in [0.3, 0.4) is 0 Å². The number of likely N-dealkylation sites (tertiary alicyclic amines) is 1. The standard InChI is InChI=1S/C11H13IN2O2S/c1-7-5-14(3-2-9(7)13-16)11(15)8-4-10(12)17-6-8/h4,6-7,16H,2-3,5H2,1H3. The van der Waals surface area contributed by atoms with Crippen molar-refractivity contribution in [3.8, 4) is 0 Å². The summed E-state index contributed by atoms with van der Waals surface area (Å²) < 4.78 is 1.12. The second-order valence-electron chi connectivity index (χ2n) is 4.13. The van der Waals surface area contributed by atoms with E-state index in [0.29, 0.717) is 19.5 Å². The summed E-state index contributed by atoms with van der Waals surface area (Å²) >= 11 is 3.79. The highest BCUT2D eigenvalue weighted by Crippen LogP contribution is 2.21. The third kappa shape index (κ3) is 2.79. The van der Waals surface area contributed by atoms with Crippen LogP contribution in [0.2, 0.25) is 0 Å². The lowest BCUT2D eigenvalue weighted by Gasteiger charge is -2.31. The van der Waals surface area contributed by atoms with E-state index < -0.39 is 0 Å². The van der Waals surface area contributed by atoms with Gasteiger partial charge in [-0.25, -0.2) is 0 Å². The van der Waals surface area contributed by atoms with Gasteiger partial charge in [-0.05, 0) is 28.7 Å². The molecule has 2 rings (SSSR count). The van der Waals surface area contributed by atoms with Gasteiger partial charge in [0.25, 0.3) is 5.91 Å². The fourth-order valence-corrected chi connectivity index (χ4v) is 3.28. The highest BCUT2D eigenvalue weighted by Gasteiger charge is 2.26. The molecule has 0 aliphatic carbocycles. The third-order valence-corrected chi connectivity index (χ3v) is 4.72. The van der Waals surface area contributed by atoms with Gasteiger partial charge >= 0.3 is 0 Å². The Labute approximate surface area is 117 Å². The molecule has 1 aromatic heterocycles. The molecule has 0 radical (unpaired) electrons. The highest BCUT2D eigenvalue weighted by atomic mass is 127. The maximum Gasteiger partial charge on any atom is 0.254 e. The molecule has 1 aromatic rings. The number of hydrogen-bond donors (Lipinski definition) is 1. The number of piperidine rings is 1. The summed E-state index contributed by atoms with van der Waals surface area (Å²) in [5, 5.41) is 14.0. The fourth-order valence-electron chi connectivity index (χ4n) is 1.96. The van der Waals surface area contributed by atoms with Crippen LogP contribution in [0.1, 0.15) is 23.7 Å². The van der Waals surface area contributed by atoms with Crippen LogP contribution >= 0.6 is 33.9 Å². The quantitative estimate of drug-likeness (QED) is 0.473. The minimum Gasteiger partial charge on any atom is -0.411 e. The first-order valence-electron chi connectivity index (χ1n) is 5.36. The van der Waals surface area contributed by atoms with Crippen LogP contribution in [-0.2, 0) is 0 Å². The summed E-state index contributed by atoms with van der Waals surface area (Å²) in [6.45, 7) is 3.24. The second-order valence-corrected chi connectivity index (χ2v) is 6.94. The minimum absolute atomic E-state index is 0.0769. The first-order valence-corrected chi connectivity index (χ1v) is 7.31. The topological polar surface area (TPSA) is 52.9 Å². The van der Waals surface area contributed by atoms with Crippen LogP contribution in [0.25, 0.3) is 0 Å². The molecule has 4 nitrogen and oxygen atoms in total. The van der Waals surface area contributed by atoms with E-state index in [-0.39, 0.29) is 11.8 Å². The Morgan fingerprint density at radius 1 is 1.71 bits per heavy atom. The molecule has 17 heavy (non-hydrogen) atoms. The van der Waals surface area contributed by atoms with Gasteiger partial charge in [0.05, 0.1) is 14.2 Å². The molecule has 1 amide bonds. The zero-order valence-corrected chi connectivity index (χ0v) is 12.4. The SMILES string of the molecule is CC1CN(C(=O)c2csc(I)c2)CCC1=NO. The Kier molecular flexibility index (Phi) is 4.03. The molecule has 1 aliphatic rings. The average Bonchev–Trinajstić information content (AvgIpc) is 2.75. The molecule has 1 fully saturated rings. The number of carbonyl (C=O) groups is 1. The number of oxime groups is 1. The summed E-state index contributed by atoms with van der Waals surface area (Å²) in [6, 6.07) is 1.91. The molecule has 1 N–H and O–H groups in total. The first kappa shape index (κ1) is 12.8. The van der Waals surface area contributed by atoms with E-state index in [9.17, 15) is 4.79 Å². The number of rotatable bonds is 1. The van der Waals surface area contributed by atoms with Gasteiger partial charge in [0, 0.05) is 30.8 Å². The van der Waals surface area contributed by atoms with Gasteiger partial charge < -0.3 is 10.1 Å². The number of thiophene rings is 1. The lowest BCUT2D eigenvalue weighted by Crippen LogP contribution is -2.43. The van der Waals surface area contributed by atoms with Crippen molar-refractivity contribution in [3.63, 3.8) is 0 Å². The Balaban J connectivity index is 2.07. The summed E-state index contributed by atoms with van der Waals surface area (Å²) in [4.78, 5) is 14.0. The normalized spacial score (nSPS) is 23.1. The van der Waals surface area contributed by atoms with Crippen molar-refractivity contribution in [2.75, 3.05) is 13.1 Å². The van der Waals surface area contributed by atoms with E-state index in [4.69, 9.17) is 5.21 Å². The van der Waals surface area contributed by atoms with E-state index in [1.165, 1.54) is 0 Å². The maximum absolute atomic E-state index is 12.2. The van der Waals surface area contributed by atoms with Gasteiger partial charge in [-0.2, -0.15) is 0 Å². The van der Waals surface area contributed by atoms with Gasteiger partial charge in [-0.1, -0.05) is 12.1 Å². The van der Waals surface area contributed by atoms with Gasteiger partial charge in [0.2, 0.25) is 0 Å². The van der Waals surface area contributed by atoms with Crippen molar-refractivity contribution in [2.24, 2.45) is 11.1 Å². The number of carbonyl (C=O) groups excluding carboxylic acids is 1. The molecule has 2 heterocycles. The molecule has 0 aromatic carbocycles. The van der Waals surface area contributed by atoms with Crippen molar-refractivity contribution in [1.82, 2.24) is 4.90 Å². The van der Waals surface area contributed by atoms with Crippen LogP contribution in [0.4, 0.5) is 0 Å². The maximum atomic E-state index is 12.2. The molecular formula is C11H13IN2O2S. The van der Waals surface area contributed by atoms with Crippen molar-refractivity contribution >= 4 is 45.5 Å². The molecule has 1 aliphatic heterocycles. The van der Waals surface area contributed by atoms with Crippen molar-refractivity contribution in [1.29, 1.82) is 0 Å². The molecular weight excluding hydrogens is 351 g/mol. The van der Waals surface area contributed by atoms with Crippen molar-refractivity contribution < 1.29 is 10.0 Å². The van der Waals surface area contributed by atoms with Crippen LogP contribution in [-0.4, -0.2) is 34.8 Å². The number of hydrogen-bond acceptors (Lipinski definition) is 4. The van der Waals surface area contributed by atoms with Crippen molar-refractivity contribution in [2.45, 2.75) is 13.3 Å². The van der Waals surface area contributed by atoms with Crippen LogP contribution in [0.15, 0.2) is 16.6 Å².